The van der Waals surface area contributed by atoms with E-state index in [4.69, 9.17) is 9.15 Å². The molecule has 0 saturated carbocycles. The summed E-state index contributed by atoms with van der Waals surface area (Å²) in [5, 5.41) is 8.05. The van der Waals surface area contributed by atoms with Gasteiger partial charge in [0.05, 0.1) is 24.8 Å². The standard InChI is InChI=1S/C18H22N4O3/c1-2-15-20-21-17(25-15)14-11-22(9-10-24-14)18(23)13-7-3-5-12-6-4-8-19-16(12)13/h4,6,8,13-14H,2-3,5,7,9-11H2,1H3/t13-,14-/m1/s1. The lowest BCUT2D eigenvalue weighted by molar-refractivity contribution is -0.142. The summed E-state index contributed by atoms with van der Waals surface area (Å²) in [5.74, 6) is 1.02. The highest BCUT2D eigenvalue weighted by Crippen LogP contribution is 2.32. The number of pyridine rings is 1. The Bertz CT molecular complexity index is 760. The summed E-state index contributed by atoms with van der Waals surface area (Å²) in [6.45, 7) is 3.47. The highest BCUT2D eigenvalue weighted by molar-refractivity contribution is 5.84. The van der Waals surface area contributed by atoms with Crippen molar-refractivity contribution in [3.63, 3.8) is 0 Å². The van der Waals surface area contributed by atoms with Crippen molar-refractivity contribution < 1.29 is 13.9 Å². The molecule has 0 unspecified atom stereocenters. The van der Waals surface area contributed by atoms with Crippen LogP contribution in [0.5, 0.6) is 0 Å². The van der Waals surface area contributed by atoms with E-state index in [9.17, 15) is 4.79 Å². The van der Waals surface area contributed by atoms with E-state index in [0.29, 0.717) is 37.9 Å². The lowest BCUT2D eigenvalue weighted by atomic mass is 9.85. The summed E-state index contributed by atoms with van der Waals surface area (Å²) >= 11 is 0. The fourth-order valence-corrected chi connectivity index (χ4v) is 3.61. The second-order valence-corrected chi connectivity index (χ2v) is 6.52. The highest BCUT2D eigenvalue weighted by Gasteiger charge is 2.35. The van der Waals surface area contributed by atoms with Crippen LogP contribution in [-0.4, -0.2) is 45.7 Å². The molecule has 2 atom stereocenters. The normalized spacial score (nSPS) is 23.3. The lowest BCUT2D eigenvalue weighted by Crippen LogP contribution is -2.45. The van der Waals surface area contributed by atoms with Gasteiger partial charge in [-0.15, -0.1) is 10.2 Å². The molecule has 0 spiro atoms. The molecule has 3 heterocycles. The molecular formula is C18H22N4O3. The van der Waals surface area contributed by atoms with E-state index < -0.39 is 0 Å². The molecule has 4 rings (SSSR count). The van der Waals surface area contributed by atoms with Crippen LogP contribution in [0.2, 0.25) is 0 Å². The zero-order valence-corrected chi connectivity index (χ0v) is 14.4. The number of carbonyl (C=O) groups excluding carboxylic acids is 1. The molecule has 1 amide bonds. The molecule has 2 aromatic rings. The number of fused-ring (bicyclic) bond motifs is 1. The van der Waals surface area contributed by atoms with Gasteiger partial charge in [0.1, 0.15) is 0 Å². The van der Waals surface area contributed by atoms with E-state index >= 15 is 0 Å². The first-order valence-electron chi connectivity index (χ1n) is 8.92. The third kappa shape index (κ3) is 3.16. The molecule has 1 aliphatic heterocycles. The Morgan fingerprint density at radius 1 is 1.40 bits per heavy atom. The van der Waals surface area contributed by atoms with Crippen LogP contribution in [0.4, 0.5) is 0 Å². The molecular weight excluding hydrogens is 320 g/mol. The van der Waals surface area contributed by atoms with E-state index in [0.717, 1.165) is 25.0 Å². The van der Waals surface area contributed by atoms with Crippen molar-refractivity contribution in [2.45, 2.75) is 44.6 Å². The van der Waals surface area contributed by atoms with Gasteiger partial charge >= 0.3 is 0 Å². The Hall–Kier alpha value is -2.28. The van der Waals surface area contributed by atoms with E-state index in [2.05, 4.69) is 21.2 Å². The average molecular weight is 342 g/mol. The van der Waals surface area contributed by atoms with Crippen LogP contribution in [0.3, 0.4) is 0 Å². The molecule has 0 radical (unpaired) electrons. The van der Waals surface area contributed by atoms with Gasteiger partial charge in [0.2, 0.25) is 17.7 Å². The number of nitrogens with zero attached hydrogens (tertiary/aromatic N) is 4. The minimum absolute atomic E-state index is 0.128. The van der Waals surface area contributed by atoms with Crippen LogP contribution in [0, 0.1) is 0 Å². The van der Waals surface area contributed by atoms with Gasteiger partial charge in [-0.05, 0) is 30.9 Å². The first kappa shape index (κ1) is 16.2. The zero-order chi connectivity index (χ0) is 17.2. The fourth-order valence-electron chi connectivity index (χ4n) is 3.61. The van der Waals surface area contributed by atoms with Gasteiger partial charge in [0.15, 0.2) is 6.10 Å². The number of carbonyl (C=O) groups is 1. The van der Waals surface area contributed by atoms with Crippen molar-refractivity contribution in [2.24, 2.45) is 0 Å². The first-order valence-corrected chi connectivity index (χ1v) is 8.92. The topological polar surface area (TPSA) is 81.4 Å². The van der Waals surface area contributed by atoms with Crippen LogP contribution in [0.1, 0.15) is 54.8 Å². The number of hydrogen-bond acceptors (Lipinski definition) is 6. The van der Waals surface area contributed by atoms with Crippen molar-refractivity contribution in [2.75, 3.05) is 19.7 Å². The lowest BCUT2D eigenvalue weighted by Gasteiger charge is -2.35. The van der Waals surface area contributed by atoms with Gasteiger partial charge < -0.3 is 14.1 Å². The molecule has 2 aromatic heterocycles. The Morgan fingerprint density at radius 2 is 2.32 bits per heavy atom. The van der Waals surface area contributed by atoms with Crippen LogP contribution in [0.15, 0.2) is 22.7 Å². The monoisotopic (exact) mass is 342 g/mol. The van der Waals surface area contributed by atoms with Gasteiger partial charge in [-0.1, -0.05) is 13.0 Å². The van der Waals surface area contributed by atoms with Crippen LogP contribution >= 0.6 is 0 Å². The fraction of sp³-hybridized carbons (Fsp3) is 0.556. The molecule has 0 aromatic carbocycles. The molecule has 1 fully saturated rings. The van der Waals surface area contributed by atoms with Crippen LogP contribution in [-0.2, 0) is 22.4 Å². The van der Waals surface area contributed by atoms with E-state index in [-0.39, 0.29) is 17.9 Å². The van der Waals surface area contributed by atoms with Crippen LogP contribution < -0.4 is 0 Å². The summed E-state index contributed by atoms with van der Waals surface area (Å²) in [4.78, 5) is 19.5. The van der Waals surface area contributed by atoms with E-state index in [1.54, 1.807) is 6.20 Å². The van der Waals surface area contributed by atoms with Crippen molar-refractivity contribution in [3.05, 3.63) is 41.4 Å². The molecule has 25 heavy (non-hydrogen) atoms. The van der Waals surface area contributed by atoms with Gasteiger partial charge in [-0.3, -0.25) is 9.78 Å². The van der Waals surface area contributed by atoms with Gasteiger partial charge in [-0.25, -0.2) is 0 Å². The minimum Gasteiger partial charge on any atom is -0.422 e. The van der Waals surface area contributed by atoms with Crippen molar-refractivity contribution in [1.29, 1.82) is 0 Å². The molecule has 0 bridgehead atoms. The second-order valence-electron chi connectivity index (χ2n) is 6.52. The predicted octanol–water partition coefficient (Wildman–Crippen LogP) is 2.05. The maximum Gasteiger partial charge on any atom is 0.247 e. The van der Waals surface area contributed by atoms with Gasteiger partial charge in [0, 0.05) is 19.2 Å². The third-order valence-electron chi connectivity index (χ3n) is 4.93. The maximum atomic E-state index is 13.1. The molecule has 0 N–H and O–H groups in total. The number of amides is 1. The van der Waals surface area contributed by atoms with E-state index in [1.165, 1.54) is 5.56 Å². The number of rotatable bonds is 3. The largest absolute Gasteiger partial charge is 0.422 e. The molecule has 132 valence electrons. The summed E-state index contributed by atoms with van der Waals surface area (Å²) < 4.78 is 11.4. The molecule has 7 nitrogen and oxygen atoms in total. The van der Waals surface area contributed by atoms with E-state index in [1.807, 2.05) is 17.9 Å². The number of aryl methyl sites for hydroxylation is 2. The molecule has 1 saturated heterocycles. The number of aromatic nitrogens is 3. The Labute approximate surface area is 146 Å². The first-order chi connectivity index (χ1) is 12.3. The minimum atomic E-state index is -0.350. The zero-order valence-electron chi connectivity index (χ0n) is 14.4. The summed E-state index contributed by atoms with van der Waals surface area (Å²) in [6.07, 6.45) is 4.99. The number of morpholine rings is 1. The molecule has 2 aliphatic rings. The average Bonchev–Trinajstić information content (AvgIpc) is 3.16. The number of hydrogen-bond donors (Lipinski definition) is 0. The maximum absolute atomic E-state index is 13.1. The summed E-state index contributed by atoms with van der Waals surface area (Å²) in [5.41, 5.74) is 2.13. The SMILES string of the molecule is CCc1nnc([C@H]2CN(C(=O)[C@@H]3CCCc4cccnc43)CCO2)o1. The van der Waals surface area contributed by atoms with Gasteiger partial charge in [-0.2, -0.15) is 0 Å². The smallest absolute Gasteiger partial charge is 0.247 e. The Morgan fingerprint density at radius 3 is 3.16 bits per heavy atom. The van der Waals surface area contributed by atoms with Crippen molar-refractivity contribution >= 4 is 5.91 Å². The quantitative estimate of drug-likeness (QED) is 0.849. The molecule has 7 heteroatoms. The van der Waals surface area contributed by atoms with Crippen molar-refractivity contribution in [1.82, 2.24) is 20.1 Å². The summed E-state index contributed by atoms with van der Waals surface area (Å²) in [6, 6.07) is 4.02. The predicted molar refractivity (Wildman–Crippen MR) is 88.9 cm³/mol. The summed E-state index contributed by atoms with van der Waals surface area (Å²) in [7, 11) is 0. The highest BCUT2D eigenvalue weighted by atomic mass is 16.5. The Kier molecular flexibility index (Phi) is 4.48. The van der Waals surface area contributed by atoms with Crippen molar-refractivity contribution in [3.8, 4) is 0 Å². The second kappa shape index (κ2) is 6.92. The third-order valence-corrected chi connectivity index (χ3v) is 4.93. The van der Waals surface area contributed by atoms with Gasteiger partial charge in [0.25, 0.3) is 0 Å². The Balaban J connectivity index is 1.51. The van der Waals surface area contributed by atoms with Crippen LogP contribution in [0.25, 0.3) is 0 Å². The number of ether oxygens (including phenoxy) is 1. The molecule has 1 aliphatic carbocycles.